The molecule has 5 nitrogen and oxygen atoms in total. The van der Waals surface area contributed by atoms with E-state index in [1.165, 1.54) is 12.1 Å². The number of aromatic nitrogens is 2. The molecule has 1 aromatic heterocycles. The predicted octanol–water partition coefficient (Wildman–Crippen LogP) is 2.88. The Morgan fingerprint density at radius 2 is 2.20 bits per heavy atom. The molecular formula is C14H15FN2O3. The summed E-state index contributed by atoms with van der Waals surface area (Å²) in [6.45, 7) is 3.98. The maximum Gasteiger partial charge on any atom is 0.339 e. The summed E-state index contributed by atoms with van der Waals surface area (Å²) in [6, 6.07) is 5.76. The standard InChI is InChI=1S/C14H15FN2O3/c1-9(2)17-7-6-10(16-17)8-20-13-11(14(18)19)4-3-5-12(13)15/h3-7,9H,8H2,1-2H3,(H,18,19). The van der Waals surface area contributed by atoms with E-state index in [1.54, 1.807) is 16.9 Å². The van der Waals surface area contributed by atoms with Crippen molar-refractivity contribution < 1.29 is 19.0 Å². The topological polar surface area (TPSA) is 64.3 Å². The fourth-order valence-electron chi connectivity index (χ4n) is 1.71. The summed E-state index contributed by atoms with van der Waals surface area (Å²) in [6.07, 6.45) is 1.79. The number of nitrogens with zero attached hydrogens (tertiary/aromatic N) is 2. The van der Waals surface area contributed by atoms with Gasteiger partial charge < -0.3 is 9.84 Å². The molecule has 106 valence electrons. The number of carboxylic acids is 1. The fourth-order valence-corrected chi connectivity index (χ4v) is 1.71. The van der Waals surface area contributed by atoms with Crippen LogP contribution in [0.4, 0.5) is 4.39 Å². The number of carbonyl (C=O) groups is 1. The Kier molecular flexibility index (Phi) is 4.02. The highest BCUT2D eigenvalue weighted by Gasteiger charge is 2.16. The highest BCUT2D eigenvalue weighted by Crippen LogP contribution is 2.23. The molecule has 0 amide bonds. The summed E-state index contributed by atoms with van der Waals surface area (Å²) in [7, 11) is 0. The number of aromatic carboxylic acids is 1. The summed E-state index contributed by atoms with van der Waals surface area (Å²) in [5, 5.41) is 13.2. The monoisotopic (exact) mass is 278 g/mol. The number of ether oxygens (including phenoxy) is 1. The van der Waals surface area contributed by atoms with E-state index in [1.807, 2.05) is 13.8 Å². The molecule has 0 radical (unpaired) electrons. The van der Waals surface area contributed by atoms with Crippen LogP contribution >= 0.6 is 0 Å². The molecule has 0 aliphatic carbocycles. The van der Waals surface area contributed by atoms with Crippen molar-refractivity contribution in [1.82, 2.24) is 9.78 Å². The molecule has 20 heavy (non-hydrogen) atoms. The normalized spacial score (nSPS) is 10.8. The van der Waals surface area contributed by atoms with E-state index >= 15 is 0 Å². The Labute approximate surface area is 115 Å². The molecule has 0 saturated carbocycles. The molecule has 0 aliphatic rings. The van der Waals surface area contributed by atoms with E-state index in [4.69, 9.17) is 9.84 Å². The molecule has 1 N–H and O–H groups in total. The van der Waals surface area contributed by atoms with Gasteiger partial charge in [-0.25, -0.2) is 9.18 Å². The van der Waals surface area contributed by atoms with Gasteiger partial charge in [0.2, 0.25) is 0 Å². The molecule has 0 saturated heterocycles. The van der Waals surface area contributed by atoms with Crippen molar-refractivity contribution in [2.24, 2.45) is 0 Å². The summed E-state index contributed by atoms with van der Waals surface area (Å²) in [5.41, 5.74) is 0.409. The van der Waals surface area contributed by atoms with Crippen LogP contribution in [0.2, 0.25) is 0 Å². The van der Waals surface area contributed by atoms with Crippen molar-refractivity contribution in [2.45, 2.75) is 26.5 Å². The zero-order chi connectivity index (χ0) is 14.7. The van der Waals surface area contributed by atoms with Crippen LogP contribution < -0.4 is 4.74 Å². The van der Waals surface area contributed by atoms with Crippen LogP contribution in [0.1, 0.15) is 35.9 Å². The molecule has 0 atom stereocenters. The molecule has 0 aliphatic heterocycles. The van der Waals surface area contributed by atoms with Gasteiger partial charge in [0.1, 0.15) is 12.2 Å². The molecule has 2 aromatic rings. The highest BCUT2D eigenvalue weighted by molar-refractivity contribution is 5.90. The molecule has 0 fully saturated rings. The first-order valence-electron chi connectivity index (χ1n) is 6.17. The first-order chi connectivity index (χ1) is 9.49. The van der Waals surface area contributed by atoms with E-state index in [-0.39, 0.29) is 24.0 Å². The molecule has 1 aromatic carbocycles. The van der Waals surface area contributed by atoms with Gasteiger partial charge in [-0.15, -0.1) is 0 Å². The van der Waals surface area contributed by atoms with Crippen LogP contribution in [0.15, 0.2) is 30.5 Å². The second kappa shape index (κ2) is 5.73. The van der Waals surface area contributed by atoms with Crippen LogP contribution in [0.5, 0.6) is 5.75 Å². The third kappa shape index (κ3) is 2.96. The first-order valence-corrected chi connectivity index (χ1v) is 6.17. The van der Waals surface area contributed by atoms with Gasteiger partial charge in [0.05, 0.1) is 5.69 Å². The van der Waals surface area contributed by atoms with E-state index in [2.05, 4.69) is 5.10 Å². The van der Waals surface area contributed by atoms with E-state index < -0.39 is 11.8 Å². The van der Waals surface area contributed by atoms with Crippen LogP contribution in [-0.4, -0.2) is 20.9 Å². The average molecular weight is 278 g/mol. The zero-order valence-corrected chi connectivity index (χ0v) is 11.2. The summed E-state index contributed by atoms with van der Waals surface area (Å²) in [4.78, 5) is 11.0. The number of carboxylic acid groups (broad SMARTS) is 1. The predicted molar refractivity (Wildman–Crippen MR) is 70.3 cm³/mol. The lowest BCUT2D eigenvalue weighted by Gasteiger charge is -2.09. The second-order valence-electron chi connectivity index (χ2n) is 4.59. The maximum atomic E-state index is 13.6. The number of hydrogen-bond donors (Lipinski definition) is 1. The Hall–Kier alpha value is -2.37. The average Bonchev–Trinajstić information content (AvgIpc) is 2.86. The molecule has 0 spiro atoms. The molecular weight excluding hydrogens is 263 g/mol. The minimum absolute atomic E-state index is 0.0148. The van der Waals surface area contributed by atoms with Crippen LogP contribution in [0, 0.1) is 5.82 Å². The van der Waals surface area contributed by atoms with Crippen molar-refractivity contribution in [3.63, 3.8) is 0 Å². The highest BCUT2D eigenvalue weighted by atomic mass is 19.1. The van der Waals surface area contributed by atoms with Gasteiger partial charge in [-0.05, 0) is 32.0 Å². The Bertz CT molecular complexity index is 623. The van der Waals surface area contributed by atoms with Gasteiger partial charge in [0.15, 0.2) is 11.6 Å². The third-order valence-corrected chi connectivity index (χ3v) is 2.75. The van der Waals surface area contributed by atoms with Gasteiger partial charge in [-0.3, -0.25) is 4.68 Å². The molecule has 6 heteroatoms. The summed E-state index contributed by atoms with van der Waals surface area (Å²) >= 11 is 0. The lowest BCUT2D eigenvalue weighted by Crippen LogP contribution is -2.07. The lowest BCUT2D eigenvalue weighted by atomic mass is 10.2. The smallest absolute Gasteiger partial charge is 0.339 e. The number of benzene rings is 1. The van der Waals surface area contributed by atoms with Crippen LogP contribution in [0.3, 0.4) is 0 Å². The quantitative estimate of drug-likeness (QED) is 0.913. The van der Waals surface area contributed by atoms with Crippen molar-refractivity contribution in [2.75, 3.05) is 0 Å². The van der Waals surface area contributed by atoms with Gasteiger partial charge in [0.25, 0.3) is 0 Å². The van der Waals surface area contributed by atoms with Gasteiger partial charge in [-0.1, -0.05) is 6.07 Å². The Morgan fingerprint density at radius 1 is 1.45 bits per heavy atom. The molecule has 2 rings (SSSR count). The van der Waals surface area contributed by atoms with E-state index in [9.17, 15) is 9.18 Å². The number of para-hydroxylation sites is 1. The minimum atomic E-state index is -1.23. The zero-order valence-electron chi connectivity index (χ0n) is 11.2. The van der Waals surface area contributed by atoms with E-state index in [0.717, 1.165) is 6.07 Å². The van der Waals surface area contributed by atoms with Gasteiger partial charge in [-0.2, -0.15) is 5.10 Å². The van der Waals surface area contributed by atoms with Crippen molar-refractivity contribution in [3.8, 4) is 5.75 Å². The second-order valence-corrected chi connectivity index (χ2v) is 4.59. The van der Waals surface area contributed by atoms with Gasteiger partial charge in [0, 0.05) is 12.2 Å². The van der Waals surface area contributed by atoms with Crippen molar-refractivity contribution in [3.05, 3.63) is 47.5 Å². The number of rotatable bonds is 5. The fraction of sp³-hybridized carbons (Fsp3) is 0.286. The molecule has 0 unspecified atom stereocenters. The SMILES string of the molecule is CC(C)n1ccc(COc2c(F)cccc2C(=O)O)n1. The first kappa shape index (κ1) is 14.0. The van der Waals surface area contributed by atoms with Crippen molar-refractivity contribution >= 4 is 5.97 Å². The maximum absolute atomic E-state index is 13.6. The van der Waals surface area contributed by atoms with Crippen LogP contribution in [-0.2, 0) is 6.61 Å². The summed E-state index contributed by atoms with van der Waals surface area (Å²) in [5.74, 6) is -2.19. The third-order valence-electron chi connectivity index (χ3n) is 2.75. The molecule has 1 heterocycles. The minimum Gasteiger partial charge on any atom is -0.483 e. The van der Waals surface area contributed by atoms with Crippen molar-refractivity contribution in [1.29, 1.82) is 0 Å². The number of hydrogen-bond acceptors (Lipinski definition) is 3. The van der Waals surface area contributed by atoms with Crippen LogP contribution in [0.25, 0.3) is 0 Å². The summed E-state index contributed by atoms with van der Waals surface area (Å²) < 4.78 is 20.7. The number of halogens is 1. The van der Waals surface area contributed by atoms with E-state index in [0.29, 0.717) is 5.69 Å². The van der Waals surface area contributed by atoms with Gasteiger partial charge >= 0.3 is 5.97 Å². The lowest BCUT2D eigenvalue weighted by molar-refractivity contribution is 0.0690. The largest absolute Gasteiger partial charge is 0.483 e. The Morgan fingerprint density at radius 3 is 2.80 bits per heavy atom. The molecule has 0 bridgehead atoms. The Balaban J connectivity index is 2.16.